The third-order valence-corrected chi connectivity index (χ3v) is 3.84. The Morgan fingerprint density at radius 1 is 1.16 bits per heavy atom. The summed E-state index contributed by atoms with van der Waals surface area (Å²) in [6.07, 6.45) is 2.23. The van der Waals surface area contributed by atoms with Crippen LogP contribution in [-0.2, 0) is 11.2 Å². The lowest BCUT2D eigenvalue weighted by Gasteiger charge is -2.13. The molecule has 0 N–H and O–H groups in total. The van der Waals surface area contributed by atoms with Crippen LogP contribution in [0.2, 0.25) is 0 Å². The summed E-state index contributed by atoms with van der Waals surface area (Å²) in [6.45, 7) is 0. The molecule has 0 saturated heterocycles. The van der Waals surface area contributed by atoms with Crippen molar-refractivity contribution in [3.05, 3.63) is 70.8 Å². The zero-order valence-electron chi connectivity index (χ0n) is 10.9. The lowest BCUT2D eigenvalue weighted by Crippen LogP contribution is -2.03. The normalized spacial score (nSPS) is 17.0. The summed E-state index contributed by atoms with van der Waals surface area (Å²) < 4.78 is 4.78. The number of carbonyl (C=O) groups excluding carboxylic acids is 1. The van der Waals surface area contributed by atoms with Gasteiger partial charge in [-0.2, -0.15) is 0 Å². The molecule has 0 bridgehead atoms. The Morgan fingerprint density at radius 3 is 2.84 bits per heavy atom. The summed E-state index contributed by atoms with van der Waals surface area (Å²) in [7, 11) is 1.42. The van der Waals surface area contributed by atoms with Crippen molar-refractivity contribution in [2.24, 2.45) is 0 Å². The van der Waals surface area contributed by atoms with Gasteiger partial charge in [-0.1, -0.05) is 36.4 Å². The standard InChI is InChI=1S/C17H16O2/c1-19-17(18)14-7-4-6-13(11-14)16-10-9-12-5-2-3-8-15(12)16/h2-8,11,16H,9-10H2,1H3. The number of aryl methyl sites for hydroxylation is 1. The highest BCUT2D eigenvalue weighted by Crippen LogP contribution is 2.38. The number of esters is 1. The van der Waals surface area contributed by atoms with E-state index in [0.29, 0.717) is 11.5 Å². The molecule has 2 heteroatoms. The Hall–Kier alpha value is -2.09. The van der Waals surface area contributed by atoms with Gasteiger partial charge in [0.15, 0.2) is 0 Å². The van der Waals surface area contributed by atoms with Gasteiger partial charge in [0.05, 0.1) is 12.7 Å². The summed E-state index contributed by atoms with van der Waals surface area (Å²) >= 11 is 0. The zero-order chi connectivity index (χ0) is 13.2. The maximum Gasteiger partial charge on any atom is 0.337 e. The summed E-state index contributed by atoms with van der Waals surface area (Å²) in [4.78, 5) is 11.6. The van der Waals surface area contributed by atoms with E-state index in [2.05, 4.69) is 30.3 Å². The maximum absolute atomic E-state index is 11.6. The molecule has 1 aliphatic rings. The van der Waals surface area contributed by atoms with Crippen molar-refractivity contribution in [1.29, 1.82) is 0 Å². The molecule has 1 atom stereocenters. The van der Waals surface area contributed by atoms with Crippen molar-refractivity contribution in [3.63, 3.8) is 0 Å². The van der Waals surface area contributed by atoms with Crippen LogP contribution >= 0.6 is 0 Å². The summed E-state index contributed by atoms with van der Waals surface area (Å²) in [5.74, 6) is 0.133. The quantitative estimate of drug-likeness (QED) is 0.764. The molecule has 2 aromatic rings. The lowest BCUT2D eigenvalue weighted by molar-refractivity contribution is 0.0600. The predicted octanol–water partition coefficient (Wildman–Crippen LogP) is 3.55. The first-order chi connectivity index (χ1) is 9.29. The molecule has 1 unspecified atom stereocenters. The molecule has 0 radical (unpaired) electrons. The maximum atomic E-state index is 11.6. The number of hydrogen-bond acceptors (Lipinski definition) is 2. The number of carbonyl (C=O) groups is 1. The third-order valence-electron chi connectivity index (χ3n) is 3.84. The van der Waals surface area contributed by atoms with Crippen molar-refractivity contribution >= 4 is 5.97 Å². The smallest absolute Gasteiger partial charge is 0.337 e. The van der Waals surface area contributed by atoms with Crippen LogP contribution in [0, 0.1) is 0 Å². The molecule has 0 heterocycles. The highest BCUT2D eigenvalue weighted by atomic mass is 16.5. The van der Waals surface area contributed by atoms with Crippen LogP contribution in [-0.4, -0.2) is 13.1 Å². The van der Waals surface area contributed by atoms with E-state index in [0.717, 1.165) is 12.8 Å². The van der Waals surface area contributed by atoms with Crippen molar-refractivity contribution in [3.8, 4) is 0 Å². The molecule has 0 amide bonds. The van der Waals surface area contributed by atoms with E-state index < -0.39 is 0 Å². The summed E-state index contributed by atoms with van der Waals surface area (Å²) in [6, 6.07) is 16.3. The van der Waals surface area contributed by atoms with Crippen LogP contribution in [0.25, 0.3) is 0 Å². The highest BCUT2D eigenvalue weighted by Gasteiger charge is 2.23. The van der Waals surface area contributed by atoms with E-state index in [9.17, 15) is 4.79 Å². The summed E-state index contributed by atoms with van der Waals surface area (Å²) in [5, 5.41) is 0. The first-order valence-corrected chi connectivity index (χ1v) is 6.55. The second kappa shape index (κ2) is 4.88. The van der Waals surface area contributed by atoms with Gasteiger partial charge in [-0.05, 0) is 41.7 Å². The number of ether oxygens (including phenoxy) is 1. The number of methoxy groups -OCH3 is 1. The number of fused-ring (bicyclic) bond motifs is 1. The van der Waals surface area contributed by atoms with Crippen LogP contribution in [0.4, 0.5) is 0 Å². The minimum Gasteiger partial charge on any atom is -0.465 e. The number of hydrogen-bond donors (Lipinski definition) is 0. The van der Waals surface area contributed by atoms with E-state index in [1.54, 1.807) is 6.07 Å². The largest absolute Gasteiger partial charge is 0.465 e. The highest BCUT2D eigenvalue weighted by molar-refractivity contribution is 5.89. The van der Waals surface area contributed by atoms with Gasteiger partial charge in [0.1, 0.15) is 0 Å². The van der Waals surface area contributed by atoms with Crippen molar-refractivity contribution in [1.82, 2.24) is 0 Å². The van der Waals surface area contributed by atoms with Crippen molar-refractivity contribution < 1.29 is 9.53 Å². The second-order valence-corrected chi connectivity index (χ2v) is 4.91. The van der Waals surface area contributed by atoms with Crippen molar-refractivity contribution in [2.45, 2.75) is 18.8 Å². The lowest BCUT2D eigenvalue weighted by atomic mass is 9.92. The topological polar surface area (TPSA) is 26.3 Å². The molecule has 2 nitrogen and oxygen atoms in total. The minimum atomic E-state index is -0.270. The molecule has 2 aromatic carbocycles. The van der Waals surface area contributed by atoms with Gasteiger partial charge in [-0.3, -0.25) is 0 Å². The first kappa shape index (κ1) is 12.0. The molecule has 1 aliphatic carbocycles. The Morgan fingerprint density at radius 2 is 2.00 bits per heavy atom. The molecule has 0 aliphatic heterocycles. The van der Waals surface area contributed by atoms with Crippen molar-refractivity contribution in [2.75, 3.05) is 7.11 Å². The fourth-order valence-corrected chi connectivity index (χ4v) is 2.90. The van der Waals surface area contributed by atoms with E-state index in [-0.39, 0.29) is 5.97 Å². The van der Waals surface area contributed by atoms with Gasteiger partial charge in [0.2, 0.25) is 0 Å². The number of benzene rings is 2. The number of rotatable bonds is 2. The Labute approximate surface area is 113 Å². The molecular weight excluding hydrogens is 236 g/mol. The molecule has 19 heavy (non-hydrogen) atoms. The van der Waals surface area contributed by atoms with E-state index >= 15 is 0 Å². The molecule has 96 valence electrons. The second-order valence-electron chi connectivity index (χ2n) is 4.91. The zero-order valence-corrected chi connectivity index (χ0v) is 10.9. The monoisotopic (exact) mass is 252 g/mol. The van der Waals surface area contributed by atoms with Gasteiger partial charge in [-0.15, -0.1) is 0 Å². The van der Waals surface area contributed by atoms with Crippen LogP contribution in [0.3, 0.4) is 0 Å². The Kier molecular flexibility index (Phi) is 3.08. The Balaban J connectivity index is 1.98. The summed E-state index contributed by atoms with van der Waals surface area (Å²) in [5.41, 5.74) is 4.65. The molecule has 3 rings (SSSR count). The van der Waals surface area contributed by atoms with Gasteiger partial charge in [0.25, 0.3) is 0 Å². The van der Waals surface area contributed by atoms with Crippen LogP contribution in [0.15, 0.2) is 48.5 Å². The molecule has 0 aromatic heterocycles. The molecule has 0 spiro atoms. The molecule has 0 saturated carbocycles. The third kappa shape index (κ3) is 2.14. The van der Waals surface area contributed by atoms with E-state index in [1.807, 2.05) is 12.1 Å². The average Bonchev–Trinajstić information content (AvgIpc) is 2.90. The van der Waals surface area contributed by atoms with E-state index in [4.69, 9.17) is 4.74 Å². The van der Waals surface area contributed by atoms with Gasteiger partial charge in [0, 0.05) is 5.92 Å². The van der Waals surface area contributed by atoms with Gasteiger partial charge in [-0.25, -0.2) is 4.79 Å². The first-order valence-electron chi connectivity index (χ1n) is 6.55. The van der Waals surface area contributed by atoms with E-state index in [1.165, 1.54) is 23.8 Å². The Bertz CT molecular complexity index is 616. The van der Waals surface area contributed by atoms with Crippen LogP contribution < -0.4 is 0 Å². The fraction of sp³-hybridized carbons (Fsp3) is 0.235. The minimum absolute atomic E-state index is 0.270. The van der Waals surface area contributed by atoms with Crippen LogP contribution in [0.5, 0.6) is 0 Å². The fourth-order valence-electron chi connectivity index (χ4n) is 2.90. The molecule has 0 fully saturated rings. The molecular formula is C17H16O2. The SMILES string of the molecule is COC(=O)c1cccc(C2CCc3ccccc32)c1. The van der Waals surface area contributed by atoms with Gasteiger partial charge >= 0.3 is 5.97 Å². The van der Waals surface area contributed by atoms with Crippen LogP contribution in [0.1, 0.15) is 39.4 Å². The van der Waals surface area contributed by atoms with Gasteiger partial charge < -0.3 is 4.74 Å². The predicted molar refractivity (Wildman–Crippen MR) is 74.4 cm³/mol. The average molecular weight is 252 g/mol.